The summed E-state index contributed by atoms with van der Waals surface area (Å²) in [6.45, 7) is 4.20. The summed E-state index contributed by atoms with van der Waals surface area (Å²) >= 11 is 0. The lowest BCUT2D eigenvalue weighted by atomic mass is 10.2. The van der Waals surface area contributed by atoms with Crippen LogP contribution >= 0.6 is 0 Å². The summed E-state index contributed by atoms with van der Waals surface area (Å²) in [5, 5.41) is 3.35. The van der Waals surface area contributed by atoms with Crippen LogP contribution in [0.1, 0.15) is 24.3 Å². The largest absolute Gasteiger partial charge is 0.468 e. The van der Waals surface area contributed by atoms with Crippen molar-refractivity contribution in [3.8, 4) is 0 Å². The summed E-state index contributed by atoms with van der Waals surface area (Å²) in [6.07, 6.45) is 5.79. The third kappa shape index (κ3) is 5.03. The normalized spacial score (nSPS) is 12.8. The molecule has 3 nitrogen and oxygen atoms in total. The van der Waals surface area contributed by atoms with Gasteiger partial charge in [-0.15, -0.1) is 0 Å². The van der Waals surface area contributed by atoms with Crippen molar-refractivity contribution < 1.29 is 9.15 Å². The van der Waals surface area contributed by atoms with Crippen molar-refractivity contribution in [2.45, 2.75) is 13.0 Å². The first kappa shape index (κ1) is 14.6. The highest BCUT2D eigenvalue weighted by Gasteiger charge is 2.05. The van der Waals surface area contributed by atoms with E-state index in [0.717, 1.165) is 12.3 Å². The number of furan rings is 1. The van der Waals surface area contributed by atoms with Crippen LogP contribution in [0.25, 0.3) is 6.08 Å². The molecular weight excluding hydrogens is 250 g/mol. The number of ether oxygens (including phenoxy) is 1. The molecule has 0 saturated heterocycles. The van der Waals surface area contributed by atoms with Gasteiger partial charge in [0.15, 0.2) is 0 Å². The number of nitrogens with one attached hydrogen (secondary N) is 1. The molecule has 0 radical (unpaired) electrons. The van der Waals surface area contributed by atoms with E-state index < -0.39 is 0 Å². The van der Waals surface area contributed by atoms with Crippen molar-refractivity contribution in [2.75, 3.05) is 19.8 Å². The molecule has 106 valence electrons. The Hall–Kier alpha value is -1.84. The first-order chi connectivity index (χ1) is 9.86. The van der Waals surface area contributed by atoms with Gasteiger partial charge in [0.1, 0.15) is 5.76 Å². The van der Waals surface area contributed by atoms with Gasteiger partial charge in [0.25, 0.3) is 0 Å². The lowest BCUT2D eigenvalue weighted by molar-refractivity contribution is 0.161. The molecule has 2 rings (SSSR count). The van der Waals surface area contributed by atoms with E-state index in [1.807, 2.05) is 36.4 Å². The van der Waals surface area contributed by atoms with Gasteiger partial charge >= 0.3 is 0 Å². The standard InChI is InChI=1S/C17H21NO2/c1-15(17-10-6-13-20-17)18-11-14-19-12-5-9-16-7-3-2-4-8-16/h2-10,13,15,18H,11-12,14H2,1H3. The van der Waals surface area contributed by atoms with Gasteiger partial charge < -0.3 is 14.5 Å². The second kappa shape index (κ2) is 8.35. The van der Waals surface area contributed by atoms with Crippen molar-refractivity contribution >= 4 is 6.08 Å². The molecule has 0 amide bonds. The lowest BCUT2D eigenvalue weighted by Crippen LogP contribution is -2.22. The van der Waals surface area contributed by atoms with E-state index in [2.05, 4.69) is 30.4 Å². The molecule has 3 heteroatoms. The maximum atomic E-state index is 5.54. The Balaban J connectivity index is 1.55. The molecule has 1 aromatic heterocycles. The Labute approximate surface area is 120 Å². The molecule has 0 fully saturated rings. The molecular formula is C17H21NO2. The van der Waals surface area contributed by atoms with Crippen LogP contribution in [0.4, 0.5) is 0 Å². The van der Waals surface area contributed by atoms with E-state index in [9.17, 15) is 0 Å². The van der Waals surface area contributed by atoms with Gasteiger partial charge in [-0.3, -0.25) is 0 Å². The van der Waals surface area contributed by atoms with Crippen molar-refractivity contribution in [2.24, 2.45) is 0 Å². The summed E-state index contributed by atoms with van der Waals surface area (Å²) in [7, 11) is 0. The van der Waals surface area contributed by atoms with E-state index in [4.69, 9.17) is 9.15 Å². The van der Waals surface area contributed by atoms with Gasteiger partial charge in [-0.05, 0) is 24.6 Å². The Morgan fingerprint density at radius 1 is 1.20 bits per heavy atom. The molecule has 20 heavy (non-hydrogen) atoms. The maximum absolute atomic E-state index is 5.54. The monoisotopic (exact) mass is 271 g/mol. The van der Waals surface area contributed by atoms with Crippen molar-refractivity contribution in [1.29, 1.82) is 0 Å². The van der Waals surface area contributed by atoms with Crippen molar-refractivity contribution in [3.05, 3.63) is 66.1 Å². The molecule has 1 aromatic carbocycles. The molecule has 1 unspecified atom stereocenters. The zero-order valence-electron chi connectivity index (χ0n) is 11.8. The van der Waals surface area contributed by atoms with Gasteiger partial charge in [-0.25, -0.2) is 0 Å². The number of benzene rings is 1. The fourth-order valence-corrected chi connectivity index (χ4v) is 1.89. The van der Waals surface area contributed by atoms with Gasteiger partial charge in [-0.2, -0.15) is 0 Å². The zero-order chi connectivity index (χ0) is 14.0. The third-order valence-corrected chi connectivity index (χ3v) is 2.99. The van der Waals surface area contributed by atoms with E-state index in [0.29, 0.717) is 13.2 Å². The molecule has 1 heterocycles. The van der Waals surface area contributed by atoms with Gasteiger partial charge in [0.2, 0.25) is 0 Å². The lowest BCUT2D eigenvalue weighted by Gasteiger charge is -2.10. The maximum Gasteiger partial charge on any atom is 0.120 e. The number of hydrogen-bond donors (Lipinski definition) is 1. The minimum absolute atomic E-state index is 0.216. The first-order valence-electron chi connectivity index (χ1n) is 6.92. The quantitative estimate of drug-likeness (QED) is 0.744. The van der Waals surface area contributed by atoms with Crippen LogP contribution < -0.4 is 5.32 Å². The molecule has 0 saturated carbocycles. The van der Waals surface area contributed by atoms with Crippen LogP contribution in [0.5, 0.6) is 0 Å². The van der Waals surface area contributed by atoms with Crippen LogP contribution in [0.3, 0.4) is 0 Å². The average molecular weight is 271 g/mol. The van der Waals surface area contributed by atoms with Gasteiger partial charge in [0, 0.05) is 6.54 Å². The van der Waals surface area contributed by atoms with Crippen LogP contribution in [0, 0.1) is 0 Å². The Morgan fingerprint density at radius 2 is 2.05 bits per heavy atom. The van der Waals surface area contributed by atoms with Crippen molar-refractivity contribution in [3.63, 3.8) is 0 Å². The number of hydrogen-bond acceptors (Lipinski definition) is 3. The third-order valence-electron chi connectivity index (χ3n) is 2.99. The highest BCUT2D eigenvalue weighted by atomic mass is 16.5. The Morgan fingerprint density at radius 3 is 2.80 bits per heavy atom. The molecule has 0 spiro atoms. The molecule has 1 atom stereocenters. The second-order valence-corrected chi connectivity index (χ2v) is 4.58. The minimum Gasteiger partial charge on any atom is -0.468 e. The van der Waals surface area contributed by atoms with Crippen molar-refractivity contribution in [1.82, 2.24) is 5.32 Å². The fraction of sp³-hybridized carbons (Fsp3) is 0.294. The molecule has 2 aromatic rings. The summed E-state index contributed by atoms with van der Waals surface area (Å²) in [6, 6.07) is 14.3. The molecule has 0 bridgehead atoms. The summed E-state index contributed by atoms with van der Waals surface area (Å²) in [5.41, 5.74) is 1.20. The smallest absolute Gasteiger partial charge is 0.120 e. The summed E-state index contributed by atoms with van der Waals surface area (Å²) in [5.74, 6) is 0.953. The molecule has 1 N–H and O–H groups in total. The SMILES string of the molecule is CC(NCCOCC=Cc1ccccc1)c1ccco1. The van der Waals surface area contributed by atoms with E-state index in [-0.39, 0.29) is 6.04 Å². The predicted molar refractivity (Wildman–Crippen MR) is 81.4 cm³/mol. The predicted octanol–water partition coefficient (Wildman–Crippen LogP) is 3.66. The number of rotatable bonds is 8. The highest BCUT2D eigenvalue weighted by molar-refractivity contribution is 5.48. The van der Waals surface area contributed by atoms with E-state index in [1.54, 1.807) is 6.26 Å². The van der Waals surface area contributed by atoms with Gasteiger partial charge in [0.05, 0.1) is 25.5 Å². The fourth-order valence-electron chi connectivity index (χ4n) is 1.89. The molecule has 0 aliphatic heterocycles. The van der Waals surface area contributed by atoms with Crippen LogP contribution in [-0.4, -0.2) is 19.8 Å². The topological polar surface area (TPSA) is 34.4 Å². The van der Waals surface area contributed by atoms with Crippen LogP contribution in [-0.2, 0) is 4.74 Å². The zero-order valence-corrected chi connectivity index (χ0v) is 11.8. The van der Waals surface area contributed by atoms with Gasteiger partial charge in [-0.1, -0.05) is 42.5 Å². The van der Waals surface area contributed by atoms with E-state index in [1.165, 1.54) is 5.56 Å². The summed E-state index contributed by atoms with van der Waals surface area (Å²) < 4.78 is 10.9. The second-order valence-electron chi connectivity index (χ2n) is 4.58. The average Bonchev–Trinajstić information content (AvgIpc) is 3.01. The molecule has 0 aliphatic rings. The van der Waals surface area contributed by atoms with Crippen LogP contribution in [0.2, 0.25) is 0 Å². The Kier molecular flexibility index (Phi) is 6.08. The Bertz CT molecular complexity index is 491. The highest BCUT2D eigenvalue weighted by Crippen LogP contribution is 2.11. The van der Waals surface area contributed by atoms with E-state index >= 15 is 0 Å². The summed E-state index contributed by atoms with van der Waals surface area (Å²) in [4.78, 5) is 0. The first-order valence-corrected chi connectivity index (χ1v) is 6.92. The van der Waals surface area contributed by atoms with Crippen LogP contribution in [0.15, 0.2) is 59.2 Å². The minimum atomic E-state index is 0.216. The molecule has 0 aliphatic carbocycles.